The molecule has 0 aliphatic rings. The largest absolute Gasteiger partial charge is 0.467 e. The summed E-state index contributed by atoms with van der Waals surface area (Å²) < 4.78 is 28.1. The second-order valence-electron chi connectivity index (χ2n) is 4.42. The fraction of sp³-hybridized carbons (Fsp3) is 0.286. The molecule has 1 heterocycles. The molecule has 4 nitrogen and oxygen atoms in total. The van der Waals surface area contributed by atoms with Gasteiger partial charge in [0.15, 0.2) is 9.84 Å². The van der Waals surface area contributed by atoms with Crippen LogP contribution in [0.3, 0.4) is 0 Å². The van der Waals surface area contributed by atoms with Crippen LogP contribution in [0.15, 0.2) is 52.0 Å². The van der Waals surface area contributed by atoms with Gasteiger partial charge in [-0.1, -0.05) is 6.92 Å². The first-order valence-electron chi connectivity index (χ1n) is 6.10. The molecule has 0 spiro atoms. The predicted octanol–water partition coefficient (Wildman–Crippen LogP) is 3.25. The van der Waals surface area contributed by atoms with E-state index in [-0.39, 0.29) is 6.04 Å². The number of hydrogen-bond acceptors (Lipinski definition) is 4. The van der Waals surface area contributed by atoms with Gasteiger partial charge < -0.3 is 9.73 Å². The van der Waals surface area contributed by atoms with Crippen molar-refractivity contribution in [1.82, 2.24) is 0 Å². The van der Waals surface area contributed by atoms with Gasteiger partial charge in [-0.05, 0) is 42.8 Å². The Morgan fingerprint density at radius 2 is 1.89 bits per heavy atom. The van der Waals surface area contributed by atoms with Gasteiger partial charge in [-0.15, -0.1) is 0 Å². The van der Waals surface area contributed by atoms with Crippen molar-refractivity contribution in [3.63, 3.8) is 0 Å². The summed E-state index contributed by atoms with van der Waals surface area (Å²) in [7, 11) is -3.14. The predicted molar refractivity (Wildman–Crippen MR) is 74.9 cm³/mol. The highest BCUT2D eigenvalue weighted by Crippen LogP contribution is 2.23. The summed E-state index contributed by atoms with van der Waals surface area (Å²) in [6.07, 6.45) is 3.72. The van der Waals surface area contributed by atoms with Crippen LogP contribution < -0.4 is 5.32 Å². The normalized spacial score (nSPS) is 13.2. The van der Waals surface area contributed by atoms with Crippen molar-refractivity contribution in [2.75, 3.05) is 11.6 Å². The molecule has 0 aliphatic carbocycles. The molecule has 1 aromatic heterocycles. The molecule has 0 saturated carbocycles. The van der Waals surface area contributed by atoms with Gasteiger partial charge in [-0.3, -0.25) is 0 Å². The van der Waals surface area contributed by atoms with Gasteiger partial charge in [-0.2, -0.15) is 0 Å². The Morgan fingerprint density at radius 3 is 2.37 bits per heavy atom. The van der Waals surface area contributed by atoms with E-state index in [4.69, 9.17) is 4.42 Å². The minimum atomic E-state index is -3.14. The molecule has 1 aromatic carbocycles. The molecule has 0 aliphatic heterocycles. The molecule has 1 unspecified atom stereocenters. The lowest BCUT2D eigenvalue weighted by atomic mass is 10.1. The molecule has 19 heavy (non-hydrogen) atoms. The first-order chi connectivity index (χ1) is 9.00. The van der Waals surface area contributed by atoms with Crippen molar-refractivity contribution >= 4 is 15.5 Å². The third-order valence-electron chi connectivity index (χ3n) is 2.92. The van der Waals surface area contributed by atoms with Crippen molar-refractivity contribution < 1.29 is 12.8 Å². The fourth-order valence-corrected chi connectivity index (χ4v) is 2.49. The highest BCUT2D eigenvalue weighted by molar-refractivity contribution is 7.90. The van der Waals surface area contributed by atoms with Crippen LogP contribution in [0.1, 0.15) is 25.1 Å². The molecular weight excluding hydrogens is 262 g/mol. The standard InChI is InChI=1S/C14H17NO3S/c1-3-13(14-5-4-10-18-14)15-11-6-8-12(9-7-11)19(2,16)17/h4-10,13,15H,3H2,1-2H3. The van der Waals surface area contributed by atoms with Gasteiger partial charge >= 0.3 is 0 Å². The maximum atomic E-state index is 11.4. The van der Waals surface area contributed by atoms with Crippen molar-refractivity contribution in [3.05, 3.63) is 48.4 Å². The average molecular weight is 279 g/mol. The van der Waals surface area contributed by atoms with E-state index in [9.17, 15) is 8.42 Å². The van der Waals surface area contributed by atoms with Gasteiger partial charge in [-0.25, -0.2) is 8.42 Å². The van der Waals surface area contributed by atoms with Crippen LogP contribution in [0.2, 0.25) is 0 Å². The first kappa shape index (κ1) is 13.7. The third kappa shape index (κ3) is 3.38. The fourth-order valence-electron chi connectivity index (χ4n) is 1.86. The second-order valence-corrected chi connectivity index (χ2v) is 6.43. The zero-order valence-electron chi connectivity index (χ0n) is 11.0. The Morgan fingerprint density at radius 1 is 1.21 bits per heavy atom. The van der Waals surface area contributed by atoms with E-state index < -0.39 is 9.84 Å². The summed E-state index contributed by atoms with van der Waals surface area (Å²) in [5.41, 5.74) is 0.871. The van der Waals surface area contributed by atoms with Gasteiger partial charge in [0.1, 0.15) is 5.76 Å². The summed E-state index contributed by atoms with van der Waals surface area (Å²) >= 11 is 0. The van der Waals surface area contributed by atoms with Crippen LogP contribution in [0.25, 0.3) is 0 Å². The van der Waals surface area contributed by atoms with Crippen LogP contribution in [-0.2, 0) is 9.84 Å². The van der Waals surface area contributed by atoms with Crippen LogP contribution in [0, 0.1) is 0 Å². The molecular formula is C14H17NO3S. The smallest absolute Gasteiger partial charge is 0.175 e. The summed E-state index contributed by atoms with van der Waals surface area (Å²) in [4.78, 5) is 0.323. The van der Waals surface area contributed by atoms with Crippen molar-refractivity contribution in [1.29, 1.82) is 0 Å². The number of rotatable bonds is 5. The van der Waals surface area contributed by atoms with Gasteiger partial charge in [0.25, 0.3) is 0 Å². The minimum absolute atomic E-state index is 0.0825. The molecule has 102 valence electrons. The quantitative estimate of drug-likeness (QED) is 0.912. The lowest BCUT2D eigenvalue weighted by Gasteiger charge is -2.16. The number of benzene rings is 1. The van der Waals surface area contributed by atoms with E-state index in [2.05, 4.69) is 12.2 Å². The molecule has 1 atom stereocenters. The van der Waals surface area contributed by atoms with Crippen LogP contribution in [-0.4, -0.2) is 14.7 Å². The van der Waals surface area contributed by atoms with Crippen molar-refractivity contribution in [2.45, 2.75) is 24.3 Å². The number of anilines is 1. The Balaban J connectivity index is 2.15. The molecule has 0 fully saturated rings. The summed E-state index contributed by atoms with van der Waals surface area (Å²) in [5, 5.41) is 3.32. The molecule has 0 radical (unpaired) electrons. The van der Waals surface area contributed by atoms with E-state index in [0.29, 0.717) is 4.90 Å². The molecule has 2 aromatic rings. The number of hydrogen-bond donors (Lipinski definition) is 1. The van der Waals surface area contributed by atoms with E-state index in [1.165, 1.54) is 6.26 Å². The first-order valence-corrected chi connectivity index (χ1v) is 8.00. The molecule has 2 rings (SSSR count). The van der Waals surface area contributed by atoms with Crippen molar-refractivity contribution in [2.24, 2.45) is 0 Å². The molecule has 0 bridgehead atoms. The van der Waals surface area contributed by atoms with Gasteiger partial charge in [0, 0.05) is 11.9 Å². The van der Waals surface area contributed by atoms with E-state index in [1.54, 1.807) is 30.5 Å². The lowest BCUT2D eigenvalue weighted by Crippen LogP contribution is -2.08. The summed E-state index contributed by atoms with van der Waals surface area (Å²) in [5.74, 6) is 0.870. The lowest BCUT2D eigenvalue weighted by molar-refractivity contribution is 0.474. The number of nitrogens with one attached hydrogen (secondary N) is 1. The maximum Gasteiger partial charge on any atom is 0.175 e. The number of sulfone groups is 1. The van der Waals surface area contributed by atoms with Crippen LogP contribution in [0.5, 0.6) is 0 Å². The zero-order chi connectivity index (χ0) is 13.9. The highest BCUT2D eigenvalue weighted by Gasteiger charge is 2.12. The second kappa shape index (κ2) is 5.48. The molecule has 5 heteroatoms. The Hall–Kier alpha value is -1.75. The minimum Gasteiger partial charge on any atom is -0.467 e. The van der Waals surface area contributed by atoms with Gasteiger partial charge in [0.05, 0.1) is 17.2 Å². The zero-order valence-corrected chi connectivity index (χ0v) is 11.8. The monoisotopic (exact) mass is 279 g/mol. The Labute approximate surface area is 113 Å². The number of furan rings is 1. The third-order valence-corrected chi connectivity index (χ3v) is 4.05. The summed E-state index contributed by atoms with van der Waals surface area (Å²) in [6, 6.07) is 10.6. The Bertz CT molecular complexity index is 615. The topological polar surface area (TPSA) is 59.3 Å². The van der Waals surface area contributed by atoms with E-state index in [1.807, 2.05) is 12.1 Å². The van der Waals surface area contributed by atoms with Crippen LogP contribution in [0.4, 0.5) is 5.69 Å². The van der Waals surface area contributed by atoms with Gasteiger partial charge in [0.2, 0.25) is 0 Å². The Kier molecular flexibility index (Phi) is 3.95. The van der Waals surface area contributed by atoms with E-state index in [0.717, 1.165) is 17.9 Å². The van der Waals surface area contributed by atoms with Crippen molar-refractivity contribution in [3.8, 4) is 0 Å². The SMILES string of the molecule is CCC(Nc1ccc(S(C)(=O)=O)cc1)c1ccco1. The molecule has 0 saturated heterocycles. The highest BCUT2D eigenvalue weighted by atomic mass is 32.2. The molecule has 1 N–H and O–H groups in total. The average Bonchev–Trinajstić information content (AvgIpc) is 2.89. The maximum absolute atomic E-state index is 11.4. The molecule has 0 amide bonds. The van der Waals surface area contributed by atoms with Crippen LogP contribution >= 0.6 is 0 Å². The summed E-state index contributed by atoms with van der Waals surface area (Å²) in [6.45, 7) is 2.06. The van der Waals surface area contributed by atoms with E-state index >= 15 is 0 Å².